The van der Waals surface area contributed by atoms with Gasteiger partial charge in [0.25, 0.3) is 0 Å². The van der Waals surface area contributed by atoms with Crippen LogP contribution >= 0.6 is 0 Å². The standard InChI is InChI=1S/C27H27FN4O5S/c1-29-38(2,34)32-18-9-7-16(8-10-18)15-3-5-17(6-4-15)25-19(28)11-20-21(31-25)12-24(30-20)37-23-14-36-26-22(33)13-35-27(23)26/h3-12,22-23,26-27,30,33H,13-14H2,1-2H3,(H,29,32,34)/t22-,23-,26-,27-,38?/m1/s1. The molecule has 0 amide bonds. The van der Waals surface area contributed by atoms with Crippen molar-refractivity contribution in [2.75, 3.05) is 26.5 Å². The van der Waals surface area contributed by atoms with E-state index in [1.54, 1.807) is 19.4 Å². The number of H-pyrrole nitrogens is 1. The molecule has 2 aromatic carbocycles. The third-order valence-corrected chi connectivity index (χ3v) is 8.13. The number of rotatable bonds is 6. The quantitative estimate of drug-likeness (QED) is 0.344. The van der Waals surface area contributed by atoms with Gasteiger partial charge in [-0.3, -0.25) is 0 Å². The van der Waals surface area contributed by atoms with Crippen LogP contribution < -0.4 is 9.46 Å². The number of aliphatic hydroxyl groups excluding tert-OH is 1. The average molecular weight is 539 g/mol. The number of nitrogens with zero attached hydrogens (tertiary/aromatic N) is 2. The Morgan fingerprint density at radius 2 is 1.71 bits per heavy atom. The van der Waals surface area contributed by atoms with Gasteiger partial charge in [-0.1, -0.05) is 36.4 Å². The van der Waals surface area contributed by atoms with Crippen molar-refractivity contribution in [3.05, 3.63) is 66.5 Å². The van der Waals surface area contributed by atoms with E-state index < -0.39 is 27.9 Å². The summed E-state index contributed by atoms with van der Waals surface area (Å²) in [5.74, 6) is -0.0220. The molecule has 11 heteroatoms. The molecule has 2 fully saturated rings. The minimum atomic E-state index is -2.46. The lowest BCUT2D eigenvalue weighted by Crippen LogP contribution is -2.34. The lowest BCUT2D eigenvalue weighted by atomic mass is 10.0. The highest BCUT2D eigenvalue weighted by molar-refractivity contribution is 7.91. The Kier molecular flexibility index (Phi) is 6.40. The molecular formula is C27H27FN4O5S. The van der Waals surface area contributed by atoms with Crippen molar-refractivity contribution in [2.45, 2.75) is 24.4 Å². The fourth-order valence-electron chi connectivity index (χ4n) is 4.76. The number of pyridine rings is 1. The van der Waals surface area contributed by atoms with Crippen LogP contribution in [0, 0.1) is 5.82 Å². The number of halogens is 1. The van der Waals surface area contributed by atoms with Crippen LogP contribution in [0.4, 0.5) is 10.1 Å². The maximum atomic E-state index is 15.0. The first kappa shape index (κ1) is 25.0. The van der Waals surface area contributed by atoms with Gasteiger partial charge in [0.1, 0.15) is 33.9 Å². The maximum Gasteiger partial charge on any atom is 0.193 e. The molecule has 2 saturated heterocycles. The van der Waals surface area contributed by atoms with Gasteiger partial charge in [-0.2, -0.15) is 4.36 Å². The van der Waals surface area contributed by atoms with Gasteiger partial charge < -0.3 is 24.3 Å². The number of aromatic amines is 1. The SMILES string of the molecule is CNS(C)(=O)=Nc1ccc(-c2ccc(-c3nc4cc(O[C@@H]5CO[C@H]6[C@@H]5OC[C@H]6O)[nH]c4cc3F)cc2)cc1. The van der Waals surface area contributed by atoms with Crippen LogP contribution in [0.15, 0.2) is 65.0 Å². The van der Waals surface area contributed by atoms with Gasteiger partial charge in [0.2, 0.25) is 0 Å². The van der Waals surface area contributed by atoms with Crippen LogP contribution in [0.25, 0.3) is 33.4 Å². The highest BCUT2D eigenvalue weighted by atomic mass is 32.2. The van der Waals surface area contributed by atoms with Crippen molar-refractivity contribution in [1.82, 2.24) is 14.7 Å². The van der Waals surface area contributed by atoms with E-state index in [9.17, 15) is 9.32 Å². The van der Waals surface area contributed by atoms with Gasteiger partial charge in [-0.15, -0.1) is 0 Å². The van der Waals surface area contributed by atoms with E-state index in [0.29, 0.717) is 34.8 Å². The number of ether oxygens (including phenoxy) is 3. The summed E-state index contributed by atoms with van der Waals surface area (Å²) in [7, 11) is -0.855. The largest absolute Gasteiger partial charge is 0.470 e. The van der Waals surface area contributed by atoms with Gasteiger partial charge in [0.15, 0.2) is 17.8 Å². The zero-order chi connectivity index (χ0) is 26.4. The summed E-state index contributed by atoms with van der Waals surface area (Å²) in [5.41, 5.74) is 4.48. The van der Waals surface area contributed by atoms with E-state index in [1.807, 2.05) is 48.5 Å². The number of hydrogen-bond acceptors (Lipinski definition) is 7. The summed E-state index contributed by atoms with van der Waals surface area (Å²) in [5, 5.41) is 9.92. The molecule has 4 aromatic rings. The molecular weight excluding hydrogens is 511 g/mol. The smallest absolute Gasteiger partial charge is 0.193 e. The summed E-state index contributed by atoms with van der Waals surface area (Å²) < 4.78 is 51.3. The van der Waals surface area contributed by atoms with E-state index in [4.69, 9.17) is 14.2 Å². The predicted molar refractivity (Wildman–Crippen MR) is 142 cm³/mol. The number of benzene rings is 2. The molecule has 3 N–H and O–H groups in total. The van der Waals surface area contributed by atoms with E-state index in [-0.39, 0.29) is 24.5 Å². The average Bonchev–Trinajstić information content (AvgIpc) is 3.60. The summed E-state index contributed by atoms with van der Waals surface area (Å²) >= 11 is 0. The minimum absolute atomic E-state index is 0.219. The topological polar surface area (TPSA) is 118 Å². The van der Waals surface area contributed by atoms with E-state index >= 15 is 4.39 Å². The van der Waals surface area contributed by atoms with E-state index in [1.165, 1.54) is 6.07 Å². The number of hydrogen-bond donors (Lipinski definition) is 3. The van der Waals surface area contributed by atoms with Gasteiger partial charge >= 0.3 is 0 Å². The molecule has 38 heavy (non-hydrogen) atoms. The number of aromatic nitrogens is 2. The van der Waals surface area contributed by atoms with Gasteiger partial charge in [-0.25, -0.2) is 18.3 Å². The molecule has 0 bridgehead atoms. The Morgan fingerprint density at radius 3 is 2.42 bits per heavy atom. The van der Waals surface area contributed by atoms with E-state index in [2.05, 4.69) is 19.1 Å². The van der Waals surface area contributed by atoms with Crippen LogP contribution in [-0.2, 0) is 19.4 Å². The molecule has 0 saturated carbocycles. The molecule has 2 aliphatic rings. The first-order chi connectivity index (χ1) is 18.3. The van der Waals surface area contributed by atoms with Crippen molar-refractivity contribution in [2.24, 2.45) is 4.36 Å². The molecule has 5 atom stereocenters. The lowest BCUT2D eigenvalue weighted by molar-refractivity contribution is 0.00794. The normalized spacial score (nSPS) is 24.3. The maximum absolute atomic E-state index is 15.0. The van der Waals surface area contributed by atoms with Crippen LogP contribution in [0.2, 0.25) is 0 Å². The lowest BCUT2D eigenvalue weighted by Gasteiger charge is -2.16. The zero-order valence-electron chi connectivity index (χ0n) is 20.8. The van der Waals surface area contributed by atoms with Crippen molar-refractivity contribution < 1.29 is 27.9 Å². The fourth-order valence-corrected chi connectivity index (χ4v) is 5.38. The third kappa shape index (κ3) is 4.79. The number of aliphatic hydroxyl groups is 1. The molecule has 9 nitrogen and oxygen atoms in total. The number of nitrogens with one attached hydrogen (secondary N) is 2. The zero-order valence-corrected chi connectivity index (χ0v) is 21.6. The molecule has 2 aliphatic heterocycles. The molecule has 4 heterocycles. The second-order valence-electron chi connectivity index (χ2n) is 9.43. The monoisotopic (exact) mass is 538 g/mol. The van der Waals surface area contributed by atoms with Crippen LogP contribution in [0.3, 0.4) is 0 Å². The Hall–Kier alpha value is -3.35. The molecule has 0 radical (unpaired) electrons. The van der Waals surface area contributed by atoms with Crippen LogP contribution in [0.5, 0.6) is 5.88 Å². The van der Waals surface area contributed by atoms with Crippen LogP contribution in [0.1, 0.15) is 0 Å². The Labute approximate surface area is 219 Å². The van der Waals surface area contributed by atoms with Gasteiger partial charge in [0.05, 0.1) is 29.9 Å². The molecule has 2 aromatic heterocycles. The van der Waals surface area contributed by atoms with Gasteiger partial charge in [-0.05, 0) is 30.3 Å². The predicted octanol–water partition coefficient (Wildman–Crippen LogP) is 3.81. The Bertz CT molecular complexity index is 1600. The summed E-state index contributed by atoms with van der Waals surface area (Å²) in [4.78, 5) is 7.60. The Balaban J connectivity index is 1.21. The molecule has 198 valence electrons. The first-order valence-electron chi connectivity index (χ1n) is 12.2. The molecule has 6 rings (SSSR count). The first-order valence-corrected chi connectivity index (χ1v) is 14.1. The molecule has 0 spiro atoms. The van der Waals surface area contributed by atoms with Crippen molar-refractivity contribution in [3.63, 3.8) is 0 Å². The van der Waals surface area contributed by atoms with Gasteiger partial charge in [0, 0.05) is 24.0 Å². The Morgan fingerprint density at radius 1 is 1.05 bits per heavy atom. The van der Waals surface area contributed by atoms with Crippen molar-refractivity contribution >= 4 is 26.6 Å². The molecule has 1 unspecified atom stereocenters. The summed E-state index contributed by atoms with van der Waals surface area (Å²) in [6, 6.07) is 18.0. The third-order valence-electron chi connectivity index (χ3n) is 6.81. The second kappa shape index (κ2) is 9.75. The second-order valence-corrected chi connectivity index (χ2v) is 11.6. The highest BCUT2D eigenvalue weighted by Crippen LogP contribution is 2.32. The molecule has 0 aliphatic carbocycles. The summed E-state index contributed by atoms with van der Waals surface area (Å²) in [6.07, 6.45) is -0.228. The van der Waals surface area contributed by atoms with Crippen LogP contribution in [-0.4, -0.2) is 70.2 Å². The highest BCUT2D eigenvalue weighted by Gasteiger charge is 2.48. The number of fused-ring (bicyclic) bond motifs is 2. The van der Waals surface area contributed by atoms with E-state index in [0.717, 1.165) is 11.1 Å². The van der Waals surface area contributed by atoms with Crippen molar-refractivity contribution in [3.8, 4) is 28.3 Å². The summed E-state index contributed by atoms with van der Waals surface area (Å²) in [6.45, 7) is 0.518. The fraction of sp³-hybridized carbons (Fsp3) is 0.296. The van der Waals surface area contributed by atoms with Crippen molar-refractivity contribution in [1.29, 1.82) is 0 Å². The minimum Gasteiger partial charge on any atom is -0.470 e.